The van der Waals surface area contributed by atoms with Crippen molar-refractivity contribution in [3.05, 3.63) is 33.7 Å². The van der Waals surface area contributed by atoms with E-state index in [9.17, 15) is 9.59 Å². The van der Waals surface area contributed by atoms with E-state index in [0.29, 0.717) is 31.1 Å². The number of hydrogen-bond acceptors (Lipinski definition) is 4. The van der Waals surface area contributed by atoms with Crippen molar-refractivity contribution in [2.24, 2.45) is 5.92 Å². The highest BCUT2D eigenvalue weighted by Crippen LogP contribution is 2.16. The van der Waals surface area contributed by atoms with Crippen LogP contribution in [0.4, 0.5) is 0 Å². The molecule has 2 aliphatic heterocycles. The van der Waals surface area contributed by atoms with Crippen LogP contribution >= 0.6 is 0 Å². The summed E-state index contributed by atoms with van der Waals surface area (Å²) in [5.41, 5.74) is 0.898. The van der Waals surface area contributed by atoms with Gasteiger partial charge in [0.1, 0.15) is 5.56 Å². The first kappa shape index (κ1) is 18.1. The van der Waals surface area contributed by atoms with Gasteiger partial charge in [0.05, 0.1) is 12.2 Å². The van der Waals surface area contributed by atoms with Crippen LogP contribution < -0.4 is 10.9 Å². The molecule has 3 heterocycles. The standard InChI is InChI=1S/C19H29N3O3/c1-13-6-8-21(12-16-5-4-7-20-9-16)18(23)17(13)19(24)22-10-14(2)25-15(3)11-22/h6,8,14-16,20H,4-5,7,9-12H2,1-3H3/t14-,15+,16?. The Kier molecular flexibility index (Phi) is 5.59. The minimum Gasteiger partial charge on any atom is -0.372 e. The first-order chi connectivity index (χ1) is 12.0. The van der Waals surface area contributed by atoms with Gasteiger partial charge in [0, 0.05) is 25.8 Å². The highest BCUT2D eigenvalue weighted by atomic mass is 16.5. The minimum absolute atomic E-state index is 0.00717. The average molecular weight is 347 g/mol. The number of pyridine rings is 1. The summed E-state index contributed by atoms with van der Waals surface area (Å²) in [7, 11) is 0. The molecule has 0 saturated carbocycles. The summed E-state index contributed by atoms with van der Waals surface area (Å²) >= 11 is 0. The number of nitrogens with zero attached hydrogens (tertiary/aromatic N) is 2. The van der Waals surface area contributed by atoms with E-state index < -0.39 is 0 Å². The smallest absolute Gasteiger partial charge is 0.263 e. The summed E-state index contributed by atoms with van der Waals surface area (Å²) in [6.45, 7) is 9.48. The van der Waals surface area contributed by atoms with Crippen molar-refractivity contribution in [3.63, 3.8) is 0 Å². The molecular formula is C19H29N3O3. The number of morpholine rings is 1. The van der Waals surface area contributed by atoms with Gasteiger partial charge in [0.2, 0.25) is 0 Å². The highest BCUT2D eigenvalue weighted by molar-refractivity contribution is 5.95. The Labute approximate surface area is 149 Å². The Bertz CT molecular complexity index is 669. The maximum atomic E-state index is 13.0. The van der Waals surface area contributed by atoms with E-state index in [1.807, 2.05) is 33.0 Å². The number of hydrogen-bond donors (Lipinski definition) is 1. The van der Waals surface area contributed by atoms with E-state index in [-0.39, 0.29) is 23.7 Å². The van der Waals surface area contributed by atoms with Gasteiger partial charge in [-0.1, -0.05) is 0 Å². The third-order valence-electron chi connectivity index (χ3n) is 5.15. The van der Waals surface area contributed by atoms with Gasteiger partial charge in [-0.25, -0.2) is 0 Å². The highest BCUT2D eigenvalue weighted by Gasteiger charge is 2.29. The number of carbonyl (C=O) groups is 1. The molecule has 0 radical (unpaired) electrons. The molecule has 0 bridgehead atoms. The quantitative estimate of drug-likeness (QED) is 0.898. The number of aryl methyl sites for hydroxylation is 1. The summed E-state index contributed by atoms with van der Waals surface area (Å²) in [6.07, 6.45) is 4.07. The summed E-state index contributed by atoms with van der Waals surface area (Å²) in [5.74, 6) is 0.279. The molecular weight excluding hydrogens is 318 g/mol. The van der Waals surface area contributed by atoms with Crippen LogP contribution in [0.5, 0.6) is 0 Å². The van der Waals surface area contributed by atoms with Gasteiger partial charge in [0.15, 0.2) is 0 Å². The second-order valence-electron chi connectivity index (χ2n) is 7.51. The van der Waals surface area contributed by atoms with Crippen LogP contribution in [0, 0.1) is 12.8 Å². The Morgan fingerprint density at radius 3 is 2.68 bits per heavy atom. The predicted molar refractivity (Wildman–Crippen MR) is 96.9 cm³/mol. The maximum absolute atomic E-state index is 13.0. The Balaban J connectivity index is 1.83. The van der Waals surface area contributed by atoms with E-state index in [1.54, 1.807) is 9.47 Å². The maximum Gasteiger partial charge on any atom is 0.263 e. The monoisotopic (exact) mass is 347 g/mol. The van der Waals surface area contributed by atoms with Crippen LogP contribution in [0.2, 0.25) is 0 Å². The molecule has 2 fully saturated rings. The fourth-order valence-electron chi connectivity index (χ4n) is 3.93. The summed E-state index contributed by atoms with van der Waals surface area (Å²) in [6, 6.07) is 1.89. The van der Waals surface area contributed by atoms with Gasteiger partial charge in [-0.2, -0.15) is 0 Å². The van der Waals surface area contributed by atoms with Gasteiger partial charge in [-0.15, -0.1) is 0 Å². The average Bonchev–Trinajstić information content (AvgIpc) is 2.57. The summed E-state index contributed by atoms with van der Waals surface area (Å²) < 4.78 is 7.42. The largest absolute Gasteiger partial charge is 0.372 e. The van der Waals surface area contributed by atoms with Gasteiger partial charge >= 0.3 is 0 Å². The zero-order chi connectivity index (χ0) is 18.0. The van der Waals surface area contributed by atoms with Crippen LogP contribution in [-0.2, 0) is 11.3 Å². The van der Waals surface area contributed by atoms with Crippen molar-refractivity contribution >= 4 is 5.91 Å². The number of rotatable bonds is 3. The fourth-order valence-corrected chi connectivity index (χ4v) is 3.93. The molecule has 25 heavy (non-hydrogen) atoms. The molecule has 1 aromatic rings. The van der Waals surface area contributed by atoms with Crippen molar-refractivity contribution in [1.82, 2.24) is 14.8 Å². The van der Waals surface area contributed by atoms with Gasteiger partial charge < -0.3 is 19.5 Å². The van der Waals surface area contributed by atoms with Crippen LogP contribution in [0.25, 0.3) is 0 Å². The van der Waals surface area contributed by atoms with Crippen molar-refractivity contribution < 1.29 is 9.53 Å². The van der Waals surface area contributed by atoms with Crippen molar-refractivity contribution in [2.75, 3.05) is 26.2 Å². The fraction of sp³-hybridized carbons (Fsp3) is 0.684. The molecule has 1 N–H and O–H groups in total. The SMILES string of the molecule is Cc1ccn(CC2CCCNC2)c(=O)c1C(=O)N1C[C@@H](C)O[C@@H](C)C1. The molecule has 0 spiro atoms. The summed E-state index contributed by atoms with van der Waals surface area (Å²) in [4.78, 5) is 27.8. The molecule has 1 unspecified atom stereocenters. The molecule has 2 aliphatic rings. The molecule has 1 amide bonds. The van der Waals surface area contributed by atoms with Gasteiger partial charge in [0.25, 0.3) is 11.5 Å². The Hall–Kier alpha value is -1.66. The second kappa shape index (κ2) is 7.70. The number of ether oxygens (including phenoxy) is 1. The topological polar surface area (TPSA) is 63.6 Å². The number of amides is 1. The first-order valence-corrected chi connectivity index (χ1v) is 9.31. The van der Waals surface area contributed by atoms with E-state index in [0.717, 1.165) is 31.5 Å². The van der Waals surface area contributed by atoms with Crippen molar-refractivity contribution in [3.8, 4) is 0 Å². The number of nitrogens with one attached hydrogen (secondary N) is 1. The lowest BCUT2D eigenvalue weighted by Gasteiger charge is -2.35. The molecule has 3 rings (SSSR count). The zero-order valence-electron chi connectivity index (χ0n) is 15.5. The predicted octanol–water partition coefficient (Wildman–Crippen LogP) is 1.41. The number of aromatic nitrogens is 1. The van der Waals surface area contributed by atoms with E-state index in [4.69, 9.17) is 4.74 Å². The van der Waals surface area contributed by atoms with Crippen molar-refractivity contribution in [2.45, 2.75) is 52.4 Å². The molecule has 1 aromatic heterocycles. The summed E-state index contributed by atoms with van der Waals surface area (Å²) in [5, 5.41) is 3.38. The van der Waals surface area contributed by atoms with Gasteiger partial charge in [-0.3, -0.25) is 9.59 Å². The van der Waals surface area contributed by atoms with E-state index in [2.05, 4.69) is 5.32 Å². The molecule has 0 aliphatic carbocycles. The third kappa shape index (κ3) is 4.12. The van der Waals surface area contributed by atoms with Crippen LogP contribution in [0.1, 0.15) is 42.6 Å². The number of carbonyl (C=O) groups excluding carboxylic acids is 1. The van der Waals surface area contributed by atoms with Crippen LogP contribution in [0.15, 0.2) is 17.1 Å². The van der Waals surface area contributed by atoms with Crippen LogP contribution in [0.3, 0.4) is 0 Å². The van der Waals surface area contributed by atoms with E-state index in [1.165, 1.54) is 0 Å². The van der Waals surface area contributed by atoms with Crippen LogP contribution in [-0.4, -0.2) is 53.8 Å². The molecule has 3 atom stereocenters. The lowest BCUT2D eigenvalue weighted by atomic mass is 9.99. The normalized spacial score (nSPS) is 27.3. The van der Waals surface area contributed by atoms with Crippen molar-refractivity contribution in [1.29, 1.82) is 0 Å². The van der Waals surface area contributed by atoms with Gasteiger partial charge in [-0.05, 0) is 64.3 Å². The zero-order valence-corrected chi connectivity index (χ0v) is 15.5. The lowest BCUT2D eigenvalue weighted by Crippen LogP contribution is -2.49. The molecule has 6 heteroatoms. The molecule has 2 saturated heterocycles. The Morgan fingerprint density at radius 2 is 2.04 bits per heavy atom. The molecule has 6 nitrogen and oxygen atoms in total. The minimum atomic E-state index is -0.166. The second-order valence-corrected chi connectivity index (χ2v) is 7.51. The molecule has 0 aromatic carbocycles. The van der Waals surface area contributed by atoms with E-state index >= 15 is 0 Å². The first-order valence-electron chi connectivity index (χ1n) is 9.31. The Morgan fingerprint density at radius 1 is 1.32 bits per heavy atom. The number of piperidine rings is 1. The molecule has 138 valence electrons. The third-order valence-corrected chi connectivity index (χ3v) is 5.15. The lowest BCUT2D eigenvalue weighted by molar-refractivity contribution is -0.0586.